The molecule has 3 rings (SSSR count). The lowest BCUT2D eigenvalue weighted by atomic mass is 10.1. The van der Waals surface area contributed by atoms with Crippen LogP contribution < -0.4 is 0 Å². The zero-order valence-corrected chi connectivity index (χ0v) is 12.6. The van der Waals surface area contributed by atoms with Crippen molar-refractivity contribution in [3.8, 4) is 5.69 Å². The molecule has 0 amide bonds. The third kappa shape index (κ3) is 2.46. The van der Waals surface area contributed by atoms with Crippen molar-refractivity contribution in [2.45, 2.75) is 19.4 Å². The summed E-state index contributed by atoms with van der Waals surface area (Å²) >= 11 is 3.47. The molecule has 1 atom stereocenters. The van der Waals surface area contributed by atoms with Gasteiger partial charge >= 0.3 is 0 Å². The molecule has 20 heavy (non-hydrogen) atoms. The molecule has 4 nitrogen and oxygen atoms in total. The van der Waals surface area contributed by atoms with Crippen LogP contribution in [-0.2, 0) is 0 Å². The Balaban J connectivity index is 2.01. The van der Waals surface area contributed by atoms with Crippen molar-refractivity contribution >= 4 is 26.7 Å². The van der Waals surface area contributed by atoms with Crippen LogP contribution in [0.3, 0.4) is 0 Å². The summed E-state index contributed by atoms with van der Waals surface area (Å²) in [6.45, 7) is 1.91. The van der Waals surface area contributed by atoms with Gasteiger partial charge in [-0.3, -0.25) is 0 Å². The minimum Gasteiger partial charge on any atom is -0.387 e. The van der Waals surface area contributed by atoms with E-state index in [0.29, 0.717) is 12.1 Å². The third-order valence-corrected chi connectivity index (χ3v) is 3.78. The summed E-state index contributed by atoms with van der Waals surface area (Å²) < 4.78 is 2.75. The SMILES string of the molecule is CCC(O)c1cn(-c2ccc3cc(Br)ccc3c2)nn1. The van der Waals surface area contributed by atoms with Gasteiger partial charge in [0.05, 0.1) is 18.0 Å². The van der Waals surface area contributed by atoms with Crippen molar-refractivity contribution in [3.63, 3.8) is 0 Å². The highest BCUT2D eigenvalue weighted by Gasteiger charge is 2.10. The Kier molecular flexibility index (Phi) is 3.54. The lowest BCUT2D eigenvalue weighted by Crippen LogP contribution is -1.95. The van der Waals surface area contributed by atoms with Gasteiger partial charge in [0.15, 0.2) is 0 Å². The molecule has 0 aliphatic carbocycles. The first-order valence-corrected chi connectivity index (χ1v) is 7.26. The number of aliphatic hydroxyl groups excluding tert-OH is 1. The third-order valence-electron chi connectivity index (χ3n) is 3.29. The lowest BCUT2D eigenvalue weighted by Gasteiger charge is -2.04. The molecular weight excluding hydrogens is 318 g/mol. The number of benzene rings is 2. The molecule has 2 aromatic carbocycles. The second-order valence-electron chi connectivity index (χ2n) is 4.69. The molecule has 0 aliphatic heterocycles. The Morgan fingerprint density at radius 1 is 1.20 bits per heavy atom. The molecule has 1 unspecified atom stereocenters. The van der Waals surface area contributed by atoms with Crippen LogP contribution in [0.15, 0.2) is 47.1 Å². The van der Waals surface area contributed by atoms with Gasteiger partial charge < -0.3 is 5.11 Å². The molecule has 0 saturated carbocycles. The van der Waals surface area contributed by atoms with Crippen LogP contribution in [0.5, 0.6) is 0 Å². The highest BCUT2D eigenvalue weighted by molar-refractivity contribution is 9.10. The van der Waals surface area contributed by atoms with Crippen LogP contribution in [0.25, 0.3) is 16.5 Å². The fraction of sp³-hybridized carbons (Fsp3) is 0.200. The number of aromatic nitrogens is 3. The maximum atomic E-state index is 9.77. The smallest absolute Gasteiger partial charge is 0.112 e. The molecular formula is C15H14BrN3O. The molecule has 0 fully saturated rings. The molecule has 1 N–H and O–H groups in total. The molecule has 1 heterocycles. The Morgan fingerprint density at radius 3 is 2.75 bits per heavy atom. The predicted octanol–water partition coefficient (Wildman–Crippen LogP) is 3.63. The maximum Gasteiger partial charge on any atom is 0.112 e. The highest BCUT2D eigenvalue weighted by Crippen LogP contribution is 2.23. The van der Waals surface area contributed by atoms with E-state index in [4.69, 9.17) is 0 Å². The number of nitrogens with zero attached hydrogens (tertiary/aromatic N) is 3. The van der Waals surface area contributed by atoms with Gasteiger partial charge in [-0.15, -0.1) is 5.10 Å². The first-order chi connectivity index (χ1) is 9.67. The Bertz CT molecular complexity index is 754. The summed E-state index contributed by atoms with van der Waals surface area (Å²) in [6, 6.07) is 12.2. The number of rotatable bonds is 3. The van der Waals surface area contributed by atoms with Crippen LogP contribution in [-0.4, -0.2) is 20.1 Å². The fourth-order valence-corrected chi connectivity index (χ4v) is 2.49. The van der Waals surface area contributed by atoms with Crippen LogP contribution in [0.4, 0.5) is 0 Å². The summed E-state index contributed by atoms with van der Waals surface area (Å²) in [5.41, 5.74) is 1.53. The highest BCUT2D eigenvalue weighted by atomic mass is 79.9. The number of hydrogen-bond acceptors (Lipinski definition) is 3. The zero-order valence-electron chi connectivity index (χ0n) is 11.0. The van der Waals surface area contributed by atoms with E-state index in [1.54, 1.807) is 10.9 Å². The largest absolute Gasteiger partial charge is 0.387 e. The molecule has 3 aromatic rings. The van der Waals surface area contributed by atoms with E-state index in [9.17, 15) is 5.11 Å². The molecule has 0 aliphatic rings. The monoisotopic (exact) mass is 331 g/mol. The van der Waals surface area contributed by atoms with Gasteiger partial charge in [-0.05, 0) is 41.5 Å². The predicted molar refractivity (Wildman–Crippen MR) is 81.8 cm³/mol. The van der Waals surface area contributed by atoms with Crippen LogP contribution in [0, 0.1) is 0 Å². The van der Waals surface area contributed by atoms with Gasteiger partial charge in [0.1, 0.15) is 5.69 Å². The molecule has 5 heteroatoms. The molecule has 0 radical (unpaired) electrons. The summed E-state index contributed by atoms with van der Waals surface area (Å²) in [7, 11) is 0. The standard InChI is InChI=1S/C15H14BrN3O/c1-2-15(20)14-9-19(18-17-14)13-6-4-10-7-12(16)5-3-11(10)8-13/h3-9,15,20H,2H2,1H3. The van der Waals surface area contributed by atoms with E-state index in [1.165, 1.54) is 0 Å². The van der Waals surface area contributed by atoms with Crippen molar-refractivity contribution in [2.75, 3.05) is 0 Å². The van der Waals surface area contributed by atoms with Gasteiger partial charge in [0.25, 0.3) is 0 Å². The van der Waals surface area contributed by atoms with E-state index in [-0.39, 0.29) is 0 Å². The van der Waals surface area contributed by atoms with Crippen LogP contribution >= 0.6 is 15.9 Å². The summed E-state index contributed by atoms with van der Waals surface area (Å²) in [6.07, 6.45) is 1.85. The number of halogens is 1. The van der Waals surface area contributed by atoms with E-state index < -0.39 is 6.10 Å². The van der Waals surface area contributed by atoms with Gasteiger partial charge in [-0.2, -0.15) is 0 Å². The lowest BCUT2D eigenvalue weighted by molar-refractivity contribution is 0.169. The Morgan fingerprint density at radius 2 is 1.95 bits per heavy atom. The van der Waals surface area contributed by atoms with Crippen molar-refractivity contribution in [2.24, 2.45) is 0 Å². The van der Waals surface area contributed by atoms with Crippen LogP contribution in [0.1, 0.15) is 25.1 Å². The van der Waals surface area contributed by atoms with Crippen molar-refractivity contribution in [3.05, 3.63) is 52.8 Å². The van der Waals surface area contributed by atoms with E-state index in [2.05, 4.69) is 44.4 Å². The molecule has 0 saturated heterocycles. The fourth-order valence-electron chi connectivity index (χ4n) is 2.11. The van der Waals surface area contributed by atoms with Crippen molar-refractivity contribution in [1.29, 1.82) is 0 Å². The second kappa shape index (κ2) is 5.34. The quantitative estimate of drug-likeness (QED) is 0.797. The Labute approximate surface area is 125 Å². The first kappa shape index (κ1) is 13.3. The number of fused-ring (bicyclic) bond motifs is 1. The van der Waals surface area contributed by atoms with E-state index >= 15 is 0 Å². The topological polar surface area (TPSA) is 50.9 Å². The molecule has 1 aromatic heterocycles. The van der Waals surface area contributed by atoms with Gasteiger partial charge in [-0.1, -0.05) is 40.2 Å². The average molecular weight is 332 g/mol. The zero-order chi connectivity index (χ0) is 14.1. The molecule has 102 valence electrons. The van der Waals surface area contributed by atoms with Crippen molar-refractivity contribution in [1.82, 2.24) is 15.0 Å². The summed E-state index contributed by atoms with van der Waals surface area (Å²) in [5, 5.41) is 20.2. The number of aliphatic hydroxyl groups is 1. The molecule has 0 bridgehead atoms. The molecule has 0 spiro atoms. The van der Waals surface area contributed by atoms with Crippen LogP contribution in [0.2, 0.25) is 0 Å². The normalized spacial score (nSPS) is 12.8. The first-order valence-electron chi connectivity index (χ1n) is 6.47. The Hall–Kier alpha value is -1.72. The minimum absolute atomic E-state index is 0.555. The van der Waals surface area contributed by atoms with Crippen molar-refractivity contribution < 1.29 is 5.11 Å². The second-order valence-corrected chi connectivity index (χ2v) is 5.60. The van der Waals surface area contributed by atoms with E-state index in [0.717, 1.165) is 20.9 Å². The summed E-state index contributed by atoms with van der Waals surface area (Å²) in [5.74, 6) is 0. The van der Waals surface area contributed by atoms with E-state index in [1.807, 2.05) is 25.1 Å². The number of hydrogen-bond donors (Lipinski definition) is 1. The van der Waals surface area contributed by atoms with Gasteiger partial charge in [0.2, 0.25) is 0 Å². The van der Waals surface area contributed by atoms with Gasteiger partial charge in [-0.25, -0.2) is 4.68 Å². The summed E-state index contributed by atoms with van der Waals surface area (Å²) in [4.78, 5) is 0. The van der Waals surface area contributed by atoms with Gasteiger partial charge in [0, 0.05) is 4.47 Å². The maximum absolute atomic E-state index is 9.77. The average Bonchev–Trinajstić information content (AvgIpc) is 2.95. The minimum atomic E-state index is -0.555.